The number of nitrogens with zero attached hydrogens (tertiary/aromatic N) is 3. The van der Waals surface area contributed by atoms with Gasteiger partial charge in [0.25, 0.3) is 0 Å². The number of imidazole rings is 1. The SMILES string of the molecule is CCCCCCCCCCCCCCCC(=O)N[C@@H](CSCC(COC(=O)CCCCCCCCCCCCCCC)OC(=O)CCCCCCCCCCCCCCC)C(=O)CCCCCCCCCNCCCNC(=O)CCC(=O)c1ccc(Cn2c(=O)[nH]c3c(N)nc(NCCCC)nc32)cc1. The number of benzene rings is 1. The monoisotopic (exact) mass is 1490 g/mol. The van der Waals surface area contributed by atoms with E-state index in [2.05, 4.69) is 63.9 Å². The Kier molecular flexibility index (Phi) is 58.8. The van der Waals surface area contributed by atoms with Crippen LogP contribution in [-0.2, 0) is 40.0 Å². The standard InChI is InChI=1S/C86H151N9O9S/c1-5-9-13-16-19-22-25-28-31-34-39-44-49-55-79(99)91-75(71-105-70-74(104-81(101)57-51-46-41-36-33-30-27-24-21-18-15-11-7-3)69-103-80(100)56-50-45-40-35-32-29-26-23-20-17-14-10-6-2)77(97)54-48-43-38-37-42-47-52-64-88-65-53-67-89-78(98)63-62-76(96)73-60-58-72(59-61-73)68-95-84-82(92-86(95)102)83(87)93-85(94-84)90-66-12-8-4/h58-61,74-75,88H,5-57,62-71H2,1-4H3,(H,89,98)(H,91,99)(H,92,102)(H3,87,90,93,94)/t74?,75-/m0/s1. The molecule has 0 saturated heterocycles. The summed E-state index contributed by atoms with van der Waals surface area (Å²) in [5.41, 5.74) is 7.88. The first kappa shape index (κ1) is 93.9. The molecule has 3 aromatic rings. The van der Waals surface area contributed by atoms with Gasteiger partial charge in [0.05, 0.1) is 12.6 Å². The Hall–Kier alpha value is -5.30. The van der Waals surface area contributed by atoms with Gasteiger partial charge in [0, 0.05) is 68.7 Å². The topological polar surface area (TPSA) is 259 Å². The lowest BCUT2D eigenvalue weighted by molar-refractivity contribution is -0.157. The molecule has 0 spiro atoms. The van der Waals surface area contributed by atoms with Crippen LogP contribution in [0.25, 0.3) is 11.2 Å². The third-order valence-electron chi connectivity index (χ3n) is 20.3. The molecule has 2 heterocycles. The molecule has 18 nitrogen and oxygen atoms in total. The lowest BCUT2D eigenvalue weighted by Gasteiger charge is -2.21. The minimum atomic E-state index is -0.647. The Balaban J connectivity index is 1.40. The molecule has 0 fully saturated rings. The molecule has 19 heteroatoms. The van der Waals surface area contributed by atoms with Gasteiger partial charge in [-0.25, -0.2) is 4.79 Å². The molecular formula is C86H151N9O9S. The van der Waals surface area contributed by atoms with Crippen LogP contribution in [0.15, 0.2) is 29.1 Å². The summed E-state index contributed by atoms with van der Waals surface area (Å²) in [4.78, 5) is 104. The van der Waals surface area contributed by atoms with Crippen molar-refractivity contribution in [2.45, 2.75) is 400 Å². The second-order valence-corrected chi connectivity index (χ2v) is 31.2. The highest BCUT2D eigenvalue weighted by Crippen LogP contribution is 2.22. The second kappa shape index (κ2) is 65.8. The van der Waals surface area contributed by atoms with Crippen LogP contribution in [0.4, 0.5) is 11.8 Å². The number of aromatic amines is 1. The first-order valence-electron chi connectivity index (χ1n) is 43.2. The van der Waals surface area contributed by atoms with Gasteiger partial charge in [0.15, 0.2) is 23.0 Å². The lowest BCUT2D eigenvalue weighted by atomic mass is 10.0. The molecule has 0 aliphatic carbocycles. The van der Waals surface area contributed by atoms with Gasteiger partial charge < -0.3 is 41.5 Å². The number of thioether (sulfide) groups is 1. The van der Waals surface area contributed by atoms with Gasteiger partial charge in [0.2, 0.25) is 17.8 Å². The van der Waals surface area contributed by atoms with E-state index in [1.807, 2.05) is 0 Å². The van der Waals surface area contributed by atoms with E-state index >= 15 is 0 Å². The third kappa shape index (κ3) is 50.1. The minimum Gasteiger partial charge on any atom is -0.462 e. The summed E-state index contributed by atoms with van der Waals surface area (Å²) in [6.07, 6.45) is 58.8. The number of hydrogen-bond donors (Lipinski definition) is 6. The van der Waals surface area contributed by atoms with E-state index in [9.17, 15) is 33.6 Å². The zero-order valence-electron chi connectivity index (χ0n) is 67.0. The zero-order chi connectivity index (χ0) is 75.7. The molecular weight excluding hydrogens is 1340 g/mol. The van der Waals surface area contributed by atoms with Crippen molar-refractivity contribution in [2.24, 2.45) is 0 Å². The molecule has 2 amide bonds. The average Bonchev–Trinajstić information content (AvgIpc) is 1.64. The summed E-state index contributed by atoms with van der Waals surface area (Å²) >= 11 is 1.49. The average molecular weight is 1490 g/mol. The highest BCUT2D eigenvalue weighted by atomic mass is 32.2. The molecule has 0 aliphatic rings. The molecule has 7 N–H and O–H groups in total. The van der Waals surface area contributed by atoms with Crippen LogP contribution >= 0.6 is 11.8 Å². The van der Waals surface area contributed by atoms with E-state index in [0.29, 0.717) is 73.0 Å². The second-order valence-electron chi connectivity index (χ2n) is 30.1. The maximum absolute atomic E-state index is 14.0. The summed E-state index contributed by atoms with van der Waals surface area (Å²) in [5, 5.41) is 12.7. The van der Waals surface area contributed by atoms with Gasteiger partial charge in [-0.3, -0.25) is 33.3 Å². The molecule has 1 unspecified atom stereocenters. The number of carbonyl (C=O) groups excluding carboxylic acids is 6. The maximum atomic E-state index is 14.0. The van der Waals surface area contributed by atoms with Crippen molar-refractivity contribution in [3.05, 3.63) is 45.9 Å². The van der Waals surface area contributed by atoms with Gasteiger partial charge >= 0.3 is 17.6 Å². The molecule has 1 aromatic carbocycles. The van der Waals surface area contributed by atoms with E-state index in [1.54, 1.807) is 24.3 Å². The fourth-order valence-electron chi connectivity index (χ4n) is 13.6. The number of nitrogens with two attached hydrogens (primary N) is 1. The summed E-state index contributed by atoms with van der Waals surface area (Å²) in [5.74, 6) is 0.405. The first-order valence-corrected chi connectivity index (χ1v) is 44.4. The number of amides is 2. The van der Waals surface area contributed by atoms with E-state index in [-0.39, 0.29) is 72.8 Å². The van der Waals surface area contributed by atoms with Crippen molar-refractivity contribution >= 4 is 70.0 Å². The molecule has 105 heavy (non-hydrogen) atoms. The number of fused-ring (bicyclic) bond motifs is 1. The van der Waals surface area contributed by atoms with Crippen LogP contribution in [0.5, 0.6) is 0 Å². The molecule has 2 atom stereocenters. The van der Waals surface area contributed by atoms with Gasteiger partial charge in [-0.2, -0.15) is 21.7 Å². The number of ether oxygens (including phenoxy) is 2. The zero-order valence-corrected chi connectivity index (χ0v) is 67.8. The summed E-state index contributed by atoms with van der Waals surface area (Å²) in [6.45, 7) is 12.0. The van der Waals surface area contributed by atoms with Gasteiger partial charge in [-0.1, -0.05) is 322 Å². The quantitative estimate of drug-likeness (QED) is 0.0174. The van der Waals surface area contributed by atoms with Crippen molar-refractivity contribution in [3.63, 3.8) is 0 Å². The molecule has 2 aromatic heterocycles. The number of unbranched alkanes of at least 4 members (excludes halogenated alkanes) is 43. The number of nitrogen functional groups attached to an aromatic ring is 1. The van der Waals surface area contributed by atoms with Gasteiger partial charge in [-0.15, -0.1) is 0 Å². The van der Waals surface area contributed by atoms with Crippen LogP contribution < -0.4 is 32.7 Å². The number of carbonyl (C=O) groups is 6. The van der Waals surface area contributed by atoms with Crippen LogP contribution in [0, 0.1) is 0 Å². The predicted octanol–water partition coefficient (Wildman–Crippen LogP) is 20.8. The number of H-pyrrole nitrogens is 1. The van der Waals surface area contributed by atoms with Crippen molar-refractivity contribution in [3.8, 4) is 0 Å². The first-order chi connectivity index (χ1) is 51.4. The van der Waals surface area contributed by atoms with Crippen molar-refractivity contribution in [1.82, 2.24) is 35.5 Å². The molecule has 3 rings (SSSR count). The normalized spacial score (nSPS) is 12.0. The highest BCUT2D eigenvalue weighted by Gasteiger charge is 2.24. The number of hydrogen-bond acceptors (Lipinski definition) is 15. The van der Waals surface area contributed by atoms with E-state index in [4.69, 9.17) is 15.2 Å². The number of aromatic nitrogens is 4. The number of ketones is 2. The summed E-state index contributed by atoms with van der Waals surface area (Å²) < 4.78 is 13.4. The number of esters is 2. The Labute approximate surface area is 641 Å². The highest BCUT2D eigenvalue weighted by molar-refractivity contribution is 7.99. The van der Waals surface area contributed by atoms with E-state index in [1.165, 1.54) is 209 Å². The van der Waals surface area contributed by atoms with Crippen LogP contribution in [0.3, 0.4) is 0 Å². The largest absolute Gasteiger partial charge is 0.462 e. The van der Waals surface area contributed by atoms with Crippen molar-refractivity contribution in [2.75, 3.05) is 55.3 Å². The minimum absolute atomic E-state index is 0.0146. The Bertz CT molecular complexity index is 2740. The smallest absolute Gasteiger partial charge is 0.328 e. The van der Waals surface area contributed by atoms with Crippen molar-refractivity contribution in [1.29, 1.82) is 0 Å². The fourth-order valence-corrected chi connectivity index (χ4v) is 14.6. The van der Waals surface area contributed by atoms with Crippen LogP contribution in [0.1, 0.15) is 397 Å². The molecule has 0 radical (unpaired) electrons. The Morgan fingerprint density at radius 2 is 0.914 bits per heavy atom. The Morgan fingerprint density at radius 1 is 0.467 bits per heavy atom. The van der Waals surface area contributed by atoms with E-state index < -0.39 is 12.1 Å². The van der Waals surface area contributed by atoms with Crippen LogP contribution in [0.2, 0.25) is 0 Å². The van der Waals surface area contributed by atoms with Crippen LogP contribution in [-0.4, -0.2) is 111 Å². The van der Waals surface area contributed by atoms with Gasteiger partial charge in [-0.05, 0) is 63.6 Å². The number of rotatable bonds is 75. The van der Waals surface area contributed by atoms with Crippen molar-refractivity contribution < 1.29 is 38.2 Å². The maximum Gasteiger partial charge on any atom is 0.328 e. The Morgan fingerprint density at radius 3 is 1.42 bits per heavy atom. The number of nitrogens with one attached hydrogen (secondary N) is 5. The molecule has 0 aliphatic heterocycles. The van der Waals surface area contributed by atoms with Gasteiger partial charge in [0.1, 0.15) is 18.2 Å². The fraction of sp³-hybridized carbons (Fsp3) is 0.802. The molecule has 0 bridgehead atoms. The van der Waals surface area contributed by atoms with E-state index in [0.717, 1.165) is 141 Å². The predicted molar refractivity (Wildman–Crippen MR) is 439 cm³/mol. The number of anilines is 2. The lowest BCUT2D eigenvalue weighted by Crippen LogP contribution is -2.43. The summed E-state index contributed by atoms with van der Waals surface area (Å²) in [7, 11) is 0. The molecule has 0 saturated carbocycles. The summed E-state index contributed by atoms with van der Waals surface area (Å²) in [6, 6.07) is 6.40. The molecule has 600 valence electrons. The third-order valence-corrected chi connectivity index (χ3v) is 21.5. The number of Topliss-reactive ketones (excluding diaryl/α,β-unsaturated/α-hetero) is 2.